The highest BCUT2D eigenvalue weighted by atomic mass is 16.2. The van der Waals surface area contributed by atoms with E-state index in [1.54, 1.807) is 24.4 Å². The molecular formula is C23H23N5O2. The smallest absolute Gasteiger partial charge is 0.253 e. The molecule has 1 aliphatic heterocycles. The Labute approximate surface area is 174 Å². The molecule has 2 aromatic carbocycles. The molecule has 4 rings (SSSR count). The van der Waals surface area contributed by atoms with Crippen molar-refractivity contribution in [2.45, 2.75) is 19.4 Å². The lowest BCUT2D eigenvalue weighted by molar-refractivity contribution is -0.111. The second-order valence-corrected chi connectivity index (χ2v) is 7.36. The van der Waals surface area contributed by atoms with E-state index in [2.05, 4.69) is 27.2 Å². The Morgan fingerprint density at radius 2 is 2.07 bits per heavy atom. The summed E-state index contributed by atoms with van der Waals surface area (Å²) in [6.45, 7) is 6.56. The molecule has 1 fully saturated rings. The first-order valence-corrected chi connectivity index (χ1v) is 9.85. The van der Waals surface area contributed by atoms with Crippen molar-refractivity contribution < 1.29 is 9.59 Å². The van der Waals surface area contributed by atoms with Gasteiger partial charge in [-0.25, -0.2) is 9.97 Å². The summed E-state index contributed by atoms with van der Waals surface area (Å²) in [5.74, 6) is 0.274. The SMILES string of the molecule is C=CC(=O)Nc1ccc(C(=O)N2CC[C@@H](Nc3ncc4ccccc4n3)C2)cc1C. The van der Waals surface area contributed by atoms with Crippen LogP contribution in [0.4, 0.5) is 11.6 Å². The van der Waals surface area contributed by atoms with E-state index < -0.39 is 0 Å². The number of aryl methyl sites for hydroxylation is 1. The Bertz CT molecular complexity index is 1130. The summed E-state index contributed by atoms with van der Waals surface area (Å²) in [7, 11) is 0. The van der Waals surface area contributed by atoms with Gasteiger partial charge in [0.25, 0.3) is 5.91 Å². The van der Waals surface area contributed by atoms with E-state index in [1.807, 2.05) is 36.1 Å². The van der Waals surface area contributed by atoms with Crippen LogP contribution in [-0.4, -0.2) is 45.8 Å². The lowest BCUT2D eigenvalue weighted by Gasteiger charge is -2.18. The number of benzene rings is 2. The van der Waals surface area contributed by atoms with E-state index >= 15 is 0 Å². The molecule has 1 aromatic heterocycles. The Kier molecular flexibility index (Phi) is 5.43. The maximum absolute atomic E-state index is 12.9. The van der Waals surface area contributed by atoms with Gasteiger partial charge in [0.05, 0.1) is 5.52 Å². The second kappa shape index (κ2) is 8.32. The highest BCUT2D eigenvalue weighted by Gasteiger charge is 2.27. The van der Waals surface area contributed by atoms with Crippen LogP contribution in [0.15, 0.2) is 61.3 Å². The van der Waals surface area contributed by atoms with E-state index in [0.29, 0.717) is 30.3 Å². The fourth-order valence-corrected chi connectivity index (χ4v) is 3.59. The number of anilines is 2. The lowest BCUT2D eigenvalue weighted by Crippen LogP contribution is -2.32. The number of likely N-dealkylation sites (tertiary alicyclic amines) is 1. The topological polar surface area (TPSA) is 87.2 Å². The fraction of sp³-hybridized carbons (Fsp3) is 0.217. The van der Waals surface area contributed by atoms with Crippen LogP contribution in [0, 0.1) is 6.92 Å². The maximum Gasteiger partial charge on any atom is 0.253 e. The molecular weight excluding hydrogens is 378 g/mol. The average molecular weight is 401 g/mol. The van der Waals surface area contributed by atoms with E-state index in [4.69, 9.17) is 0 Å². The molecule has 3 aromatic rings. The molecule has 0 saturated carbocycles. The summed E-state index contributed by atoms with van der Waals surface area (Å²) in [4.78, 5) is 35.2. The molecule has 1 aliphatic rings. The number of carbonyl (C=O) groups is 2. The van der Waals surface area contributed by atoms with E-state index in [-0.39, 0.29) is 17.9 Å². The molecule has 1 saturated heterocycles. The van der Waals surface area contributed by atoms with E-state index in [0.717, 1.165) is 22.9 Å². The highest BCUT2D eigenvalue weighted by molar-refractivity contribution is 6.00. The number of rotatable bonds is 5. The first-order valence-electron chi connectivity index (χ1n) is 9.85. The normalized spacial score (nSPS) is 15.8. The Morgan fingerprint density at radius 1 is 1.23 bits per heavy atom. The monoisotopic (exact) mass is 401 g/mol. The zero-order valence-corrected chi connectivity index (χ0v) is 16.8. The van der Waals surface area contributed by atoms with Gasteiger partial charge in [-0.15, -0.1) is 0 Å². The van der Waals surface area contributed by atoms with Gasteiger partial charge in [-0.1, -0.05) is 24.8 Å². The Balaban J connectivity index is 1.41. The summed E-state index contributed by atoms with van der Waals surface area (Å²) in [6, 6.07) is 13.2. The van der Waals surface area contributed by atoms with Gasteiger partial charge in [-0.3, -0.25) is 9.59 Å². The zero-order chi connectivity index (χ0) is 21.1. The third-order valence-electron chi connectivity index (χ3n) is 5.21. The fourth-order valence-electron chi connectivity index (χ4n) is 3.59. The van der Waals surface area contributed by atoms with Crippen molar-refractivity contribution in [1.29, 1.82) is 0 Å². The van der Waals surface area contributed by atoms with Crippen molar-refractivity contribution in [2.24, 2.45) is 0 Å². The number of fused-ring (bicyclic) bond motifs is 1. The number of aromatic nitrogens is 2. The highest BCUT2D eigenvalue weighted by Crippen LogP contribution is 2.21. The molecule has 7 nitrogen and oxygen atoms in total. The molecule has 30 heavy (non-hydrogen) atoms. The number of hydrogen-bond donors (Lipinski definition) is 2. The third kappa shape index (κ3) is 4.15. The number of amides is 2. The minimum Gasteiger partial charge on any atom is -0.350 e. The number of nitrogens with one attached hydrogen (secondary N) is 2. The van der Waals surface area contributed by atoms with E-state index in [1.165, 1.54) is 6.08 Å². The summed E-state index contributed by atoms with van der Waals surface area (Å²) >= 11 is 0. The van der Waals surface area contributed by atoms with Gasteiger partial charge >= 0.3 is 0 Å². The minimum atomic E-state index is -0.276. The first kappa shape index (κ1) is 19.6. The summed E-state index contributed by atoms with van der Waals surface area (Å²) in [5.41, 5.74) is 2.99. The molecule has 0 bridgehead atoms. The predicted molar refractivity (Wildman–Crippen MR) is 117 cm³/mol. The molecule has 0 radical (unpaired) electrons. The van der Waals surface area contributed by atoms with Crippen LogP contribution in [0.5, 0.6) is 0 Å². The van der Waals surface area contributed by atoms with Crippen molar-refractivity contribution in [1.82, 2.24) is 14.9 Å². The van der Waals surface area contributed by atoms with Crippen LogP contribution < -0.4 is 10.6 Å². The molecule has 0 unspecified atom stereocenters. The number of carbonyl (C=O) groups excluding carboxylic acids is 2. The van der Waals surface area contributed by atoms with E-state index in [9.17, 15) is 9.59 Å². The molecule has 152 valence electrons. The van der Waals surface area contributed by atoms with Gasteiger partial charge in [0.15, 0.2) is 0 Å². The molecule has 0 aliphatic carbocycles. The van der Waals surface area contributed by atoms with Gasteiger partial charge in [0, 0.05) is 42.0 Å². The number of hydrogen-bond acceptors (Lipinski definition) is 5. The molecule has 1 atom stereocenters. The predicted octanol–water partition coefficient (Wildman–Crippen LogP) is 3.39. The molecule has 7 heteroatoms. The van der Waals surface area contributed by atoms with Gasteiger partial charge in [-0.2, -0.15) is 0 Å². The summed E-state index contributed by atoms with van der Waals surface area (Å²) in [6.07, 6.45) is 3.85. The van der Waals surface area contributed by atoms with Gasteiger partial charge < -0.3 is 15.5 Å². The van der Waals surface area contributed by atoms with Crippen LogP contribution in [0.1, 0.15) is 22.3 Å². The summed E-state index contributed by atoms with van der Waals surface area (Å²) in [5, 5.41) is 7.08. The summed E-state index contributed by atoms with van der Waals surface area (Å²) < 4.78 is 0. The van der Waals surface area contributed by atoms with Crippen molar-refractivity contribution >= 4 is 34.4 Å². The molecule has 2 N–H and O–H groups in total. The van der Waals surface area contributed by atoms with Gasteiger partial charge in [-0.05, 0) is 49.2 Å². The van der Waals surface area contributed by atoms with Crippen LogP contribution in [0.25, 0.3) is 10.9 Å². The lowest BCUT2D eigenvalue weighted by atomic mass is 10.1. The average Bonchev–Trinajstić information content (AvgIpc) is 3.22. The first-order chi connectivity index (χ1) is 14.5. The largest absolute Gasteiger partial charge is 0.350 e. The Morgan fingerprint density at radius 3 is 2.87 bits per heavy atom. The van der Waals surface area contributed by atoms with Crippen LogP contribution in [0.3, 0.4) is 0 Å². The van der Waals surface area contributed by atoms with Crippen LogP contribution in [-0.2, 0) is 4.79 Å². The number of para-hydroxylation sites is 1. The van der Waals surface area contributed by atoms with Crippen molar-refractivity contribution in [3.05, 3.63) is 72.4 Å². The van der Waals surface area contributed by atoms with Crippen LogP contribution >= 0.6 is 0 Å². The van der Waals surface area contributed by atoms with Crippen molar-refractivity contribution in [2.75, 3.05) is 23.7 Å². The zero-order valence-electron chi connectivity index (χ0n) is 16.8. The molecule has 2 amide bonds. The maximum atomic E-state index is 12.9. The molecule has 2 heterocycles. The van der Waals surface area contributed by atoms with Crippen molar-refractivity contribution in [3.8, 4) is 0 Å². The molecule has 0 spiro atoms. The van der Waals surface area contributed by atoms with Crippen LogP contribution in [0.2, 0.25) is 0 Å². The van der Waals surface area contributed by atoms with Gasteiger partial charge in [0.2, 0.25) is 11.9 Å². The quantitative estimate of drug-likeness (QED) is 0.640. The van der Waals surface area contributed by atoms with Gasteiger partial charge in [0.1, 0.15) is 0 Å². The third-order valence-corrected chi connectivity index (χ3v) is 5.21. The minimum absolute atomic E-state index is 0.0246. The Hall–Kier alpha value is -3.74. The second-order valence-electron chi connectivity index (χ2n) is 7.36. The van der Waals surface area contributed by atoms with Crippen molar-refractivity contribution in [3.63, 3.8) is 0 Å². The standard InChI is InChI=1S/C23H23N5O2/c1-3-21(29)26-19-9-8-16(12-15(19)2)22(30)28-11-10-18(14-28)25-23-24-13-17-6-4-5-7-20(17)27-23/h3-9,12-13,18H,1,10-11,14H2,2H3,(H,26,29)(H,24,25,27)/t18-/m1/s1. The number of nitrogens with zero attached hydrogens (tertiary/aromatic N) is 3.